The van der Waals surface area contributed by atoms with Crippen molar-refractivity contribution < 1.29 is 22.8 Å². The molecule has 2 fully saturated rings. The summed E-state index contributed by atoms with van der Waals surface area (Å²) in [6.07, 6.45) is 2.52. The van der Waals surface area contributed by atoms with Crippen LogP contribution in [0.3, 0.4) is 0 Å². The highest BCUT2D eigenvalue weighted by Gasteiger charge is 2.41. The number of fused-ring (bicyclic) bond motifs is 1. The van der Waals surface area contributed by atoms with Gasteiger partial charge in [-0.2, -0.15) is 0 Å². The van der Waals surface area contributed by atoms with Crippen LogP contribution >= 0.6 is 0 Å². The lowest BCUT2D eigenvalue weighted by molar-refractivity contribution is -0.139. The van der Waals surface area contributed by atoms with Crippen LogP contribution in [0.5, 0.6) is 0 Å². The lowest BCUT2D eigenvalue weighted by Crippen LogP contribution is -2.49. The van der Waals surface area contributed by atoms with Crippen molar-refractivity contribution in [1.82, 2.24) is 20.1 Å². The van der Waals surface area contributed by atoms with Gasteiger partial charge in [-0.25, -0.2) is 13.2 Å². The Labute approximate surface area is 187 Å². The molecule has 3 heterocycles. The zero-order valence-electron chi connectivity index (χ0n) is 18.2. The number of carbonyl (C=O) groups is 3. The predicted octanol–water partition coefficient (Wildman–Crippen LogP) is 1.30. The topological polar surface area (TPSA) is 120 Å². The molecule has 4 rings (SSSR count). The normalized spacial score (nSPS) is 22.7. The molecule has 2 atom stereocenters. The highest BCUT2D eigenvalue weighted by molar-refractivity contribution is 7.91. The maximum atomic E-state index is 13.1. The van der Waals surface area contributed by atoms with Crippen LogP contribution in [0.15, 0.2) is 30.5 Å². The van der Waals surface area contributed by atoms with Crippen LogP contribution in [0.4, 0.5) is 4.79 Å². The van der Waals surface area contributed by atoms with Crippen molar-refractivity contribution in [3.63, 3.8) is 0 Å². The van der Waals surface area contributed by atoms with E-state index in [1.54, 1.807) is 0 Å². The molecule has 1 aromatic carbocycles. The maximum absolute atomic E-state index is 13.1. The number of amides is 4. The molecule has 2 aliphatic heterocycles. The Balaban J connectivity index is 1.46. The number of rotatable bonds is 7. The van der Waals surface area contributed by atoms with Crippen LogP contribution in [-0.4, -0.2) is 77.7 Å². The SMILES string of the molecule is CC(C)CN(C(=O)CN1C(=O)N[C@H](Cc2c[nH]c3ccccc23)C1=O)[C@@H]1CCS(=O)(=O)C1. The second-order valence-electron chi connectivity index (χ2n) is 8.99. The predicted molar refractivity (Wildman–Crippen MR) is 120 cm³/mol. The highest BCUT2D eigenvalue weighted by atomic mass is 32.2. The fourth-order valence-corrected chi connectivity index (χ4v) is 6.21. The fourth-order valence-electron chi connectivity index (χ4n) is 4.48. The van der Waals surface area contributed by atoms with E-state index >= 15 is 0 Å². The van der Waals surface area contributed by atoms with E-state index in [1.807, 2.05) is 44.3 Å². The second kappa shape index (κ2) is 8.57. The molecule has 9 nitrogen and oxygen atoms in total. The first-order valence-electron chi connectivity index (χ1n) is 10.8. The first kappa shape index (κ1) is 22.3. The van der Waals surface area contributed by atoms with Crippen LogP contribution in [0.1, 0.15) is 25.8 Å². The summed E-state index contributed by atoms with van der Waals surface area (Å²) in [6, 6.07) is 5.94. The third-order valence-corrected chi connectivity index (χ3v) is 7.78. The molecule has 2 saturated heterocycles. The number of para-hydroxylation sites is 1. The lowest BCUT2D eigenvalue weighted by atomic mass is 10.1. The number of imide groups is 1. The first-order chi connectivity index (χ1) is 15.1. The van der Waals surface area contributed by atoms with Crippen LogP contribution < -0.4 is 5.32 Å². The van der Waals surface area contributed by atoms with E-state index in [0.29, 0.717) is 19.4 Å². The molecule has 32 heavy (non-hydrogen) atoms. The van der Waals surface area contributed by atoms with Crippen molar-refractivity contribution in [3.8, 4) is 0 Å². The van der Waals surface area contributed by atoms with E-state index in [0.717, 1.165) is 21.4 Å². The summed E-state index contributed by atoms with van der Waals surface area (Å²) >= 11 is 0. The average Bonchev–Trinajstić information content (AvgIpc) is 3.38. The number of urea groups is 1. The molecule has 0 radical (unpaired) electrons. The number of nitrogens with one attached hydrogen (secondary N) is 2. The fraction of sp³-hybridized carbons (Fsp3) is 0.500. The molecular weight excluding hydrogens is 432 g/mol. The summed E-state index contributed by atoms with van der Waals surface area (Å²) in [7, 11) is -3.17. The zero-order valence-corrected chi connectivity index (χ0v) is 19.0. The number of nitrogens with zero attached hydrogens (tertiary/aromatic N) is 2. The van der Waals surface area contributed by atoms with Crippen molar-refractivity contribution >= 4 is 38.6 Å². The van der Waals surface area contributed by atoms with Gasteiger partial charge >= 0.3 is 6.03 Å². The van der Waals surface area contributed by atoms with E-state index in [4.69, 9.17) is 0 Å². The molecule has 2 aromatic rings. The largest absolute Gasteiger partial charge is 0.361 e. The first-order valence-corrected chi connectivity index (χ1v) is 12.6. The molecule has 172 valence electrons. The molecule has 0 spiro atoms. The van der Waals surface area contributed by atoms with Gasteiger partial charge in [-0.1, -0.05) is 32.0 Å². The summed E-state index contributed by atoms with van der Waals surface area (Å²) in [6.45, 7) is 3.86. The van der Waals surface area contributed by atoms with Crippen molar-refractivity contribution in [2.45, 2.75) is 38.8 Å². The van der Waals surface area contributed by atoms with E-state index in [9.17, 15) is 22.8 Å². The number of sulfone groups is 1. The molecule has 4 amide bonds. The third kappa shape index (κ3) is 4.50. The van der Waals surface area contributed by atoms with E-state index in [-0.39, 0.29) is 17.4 Å². The monoisotopic (exact) mass is 460 g/mol. The summed E-state index contributed by atoms with van der Waals surface area (Å²) in [5.41, 5.74) is 1.85. The number of hydrogen-bond acceptors (Lipinski definition) is 5. The van der Waals surface area contributed by atoms with Gasteiger partial charge in [0, 0.05) is 36.1 Å². The Morgan fingerprint density at radius 2 is 2.00 bits per heavy atom. The Hall–Kier alpha value is -2.88. The number of aromatic amines is 1. The van der Waals surface area contributed by atoms with Crippen LogP contribution in [0.2, 0.25) is 0 Å². The Morgan fingerprint density at radius 3 is 2.69 bits per heavy atom. The van der Waals surface area contributed by atoms with Crippen molar-refractivity contribution in [3.05, 3.63) is 36.0 Å². The van der Waals surface area contributed by atoms with Gasteiger partial charge in [0.15, 0.2) is 9.84 Å². The summed E-state index contributed by atoms with van der Waals surface area (Å²) in [5, 5.41) is 3.66. The molecule has 0 unspecified atom stereocenters. The molecule has 10 heteroatoms. The minimum Gasteiger partial charge on any atom is -0.361 e. The number of H-pyrrole nitrogens is 1. The van der Waals surface area contributed by atoms with Gasteiger partial charge in [0.2, 0.25) is 5.91 Å². The Bertz CT molecular complexity index is 1160. The standard InChI is InChI=1S/C22H28N4O5S/c1-14(2)11-25(16-7-8-32(30,31)13-16)20(27)12-26-21(28)19(24-22(26)29)9-15-10-23-18-6-4-3-5-17(15)18/h3-6,10,14,16,19,23H,7-9,11-13H2,1-2H3,(H,24,29)/t16-,19-/m1/s1. The van der Waals surface area contributed by atoms with Crippen molar-refractivity contribution in [2.75, 3.05) is 24.6 Å². The van der Waals surface area contributed by atoms with E-state index < -0.39 is 46.3 Å². The zero-order chi connectivity index (χ0) is 23.0. The van der Waals surface area contributed by atoms with Gasteiger partial charge in [-0.05, 0) is 24.0 Å². The second-order valence-corrected chi connectivity index (χ2v) is 11.2. The van der Waals surface area contributed by atoms with Crippen molar-refractivity contribution in [1.29, 1.82) is 0 Å². The van der Waals surface area contributed by atoms with Crippen LogP contribution in [-0.2, 0) is 25.8 Å². The lowest BCUT2D eigenvalue weighted by Gasteiger charge is -2.31. The van der Waals surface area contributed by atoms with Crippen LogP contribution in [0, 0.1) is 5.92 Å². The molecule has 2 N–H and O–H groups in total. The average molecular weight is 461 g/mol. The van der Waals surface area contributed by atoms with Gasteiger partial charge in [0.25, 0.3) is 5.91 Å². The number of carbonyl (C=O) groups excluding carboxylic acids is 3. The number of aromatic nitrogens is 1. The summed E-state index contributed by atoms with van der Waals surface area (Å²) in [5.74, 6) is -0.751. The van der Waals surface area contributed by atoms with Gasteiger partial charge < -0.3 is 15.2 Å². The molecule has 0 bridgehead atoms. The Morgan fingerprint density at radius 1 is 1.25 bits per heavy atom. The quantitative estimate of drug-likeness (QED) is 0.604. The number of hydrogen-bond donors (Lipinski definition) is 2. The minimum absolute atomic E-state index is 0.0510. The van der Waals surface area contributed by atoms with Gasteiger partial charge in [0.05, 0.1) is 11.5 Å². The highest BCUT2D eigenvalue weighted by Crippen LogP contribution is 2.23. The van der Waals surface area contributed by atoms with Crippen molar-refractivity contribution in [2.24, 2.45) is 5.92 Å². The van der Waals surface area contributed by atoms with Gasteiger partial charge in [0.1, 0.15) is 12.6 Å². The molecule has 1 aromatic heterocycles. The Kier molecular flexibility index (Phi) is 5.98. The smallest absolute Gasteiger partial charge is 0.325 e. The summed E-state index contributed by atoms with van der Waals surface area (Å²) < 4.78 is 23.8. The summed E-state index contributed by atoms with van der Waals surface area (Å²) in [4.78, 5) is 44.2. The molecule has 0 aliphatic carbocycles. The molecular formula is C22H28N4O5S. The maximum Gasteiger partial charge on any atom is 0.325 e. The van der Waals surface area contributed by atoms with Crippen LogP contribution in [0.25, 0.3) is 10.9 Å². The van der Waals surface area contributed by atoms with Gasteiger partial charge in [-0.3, -0.25) is 14.5 Å². The van der Waals surface area contributed by atoms with E-state index in [1.165, 1.54) is 4.90 Å². The molecule has 0 saturated carbocycles. The molecule has 2 aliphatic rings. The third-order valence-electron chi connectivity index (χ3n) is 6.03. The van der Waals surface area contributed by atoms with E-state index in [2.05, 4.69) is 10.3 Å². The van der Waals surface area contributed by atoms with Gasteiger partial charge in [-0.15, -0.1) is 0 Å². The minimum atomic E-state index is -3.17. The number of benzene rings is 1.